The summed E-state index contributed by atoms with van der Waals surface area (Å²) in [6.07, 6.45) is 3.23. The maximum atomic E-state index is 12.9. The minimum absolute atomic E-state index is 0.0173. The maximum absolute atomic E-state index is 12.9. The molecule has 0 bridgehead atoms. The molecule has 0 radical (unpaired) electrons. The van der Waals surface area contributed by atoms with E-state index >= 15 is 0 Å². The van der Waals surface area contributed by atoms with Crippen LogP contribution in [0.25, 0.3) is 0 Å². The minimum atomic E-state index is -0.426. The third-order valence-corrected chi connectivity index (χ3v) is 4.45. The largest absolute Gasteiger partial charge is 0.344 e. The van der Waals surface area contributed by atoms with Crippen LogP contribution in [0.15, 0.2) is 24.3 Å². The number of hydrogen-bond donors (Lipinski definition) is 1. The fourth-order valence-electron chi connectivity index (χ4n) is 2.98. The molecule has 126 valence electrons. The first-order valence-corrected chi connectivity index (χ1v) is 8.67. The highest BCUT2D eigenvalue weighted by Gasteiger charge is 2.30. The number of benzene rings is 1. The zero-order valence-corrected chi connectivity index (χ0v) is 14.5. The van der Waals surface area contributed by atoms with Crippen molar-refractivity contribution in [3.63, 3.8) is 0 Å². The van der Waals surface area contributed by atoms with Crippen molar-refractivity contribution in [1.82, 2.24) is 10.2 Å². The Labute approximate surface area is 139 Å². The molecule has 1 heterocycles. The molecule has 2 rings (SSSR count). The van der Waals surface area contributed by atoms with Gasteiger partial charge in [-0.25, -0.2) is 0 Å². The molecule has 0 saturated heterocycles. The summed E-state index contributed by atoms with van der Waals surface area (Å²) >= 11 is 0. The molecule has 1 aliphatic heterocycles. The fourth-order valence-corrected chi connectivity index (χ4v) is 2.98. The molecule has 1 aliphatic rings. The average molecular weight is 316 g/mol. The third kappa shape index (κ3) is 4.57. The Hall–Kier alpha value is -1.84. The Morgan fingerprint density at radius 1 is 1.22 bits per heavy atom. The molecule has 0 fully saturated rings. The van der Waals surface area contributed by atoms with E-state index in [1.54, 1.807) is 0 Å². The average Bonchev–Trinajstić information content (AvgIpc) is 2.56. The first kappa shape index (κ1) is 17.5. The number of nitrogens with one attached hydrogen (secondary N) is 1. The van der Waals surface area contributed by atoms with Crippen LogP contribution in [0.1, 0.15) is 51.2 Å². The summed E-state index contributed by atoms with van der Waals surface area (Å²) in [4.78, 5) is 26.8. The molecule has 0 aromatic heterocycles. The second-order valence-electron chi connectivity index (χ2n) is 6.67. The van der Waals surface area contributed by atoms with Crippen molar-refractivity contribution >= 4 is 11.8 Å². The van der Waals surface area contributed by atoms with Crippen LogP contribution < -0.4 is 5.32 Å². The van der Waals surface area contributed by atoms with Crippen LogP contribution in [0.4, 0.5) is 0 Å². The lowest BCUT2D eigenvalue weighted by Gasteiger charge is -2.33. The molecule has 2 amide bonds. The predicted octanol–water partition coefficient (Wildman–Crippen LogP) is 2.90. The maximum Gasteiger partial charge on any atom is 0.245 e. The van der Waals surface area contributed by atoms with Crippen molar-refractivity contribution in [3.05, 3.63) is 35.4 Å². The standard InChI is InChI=1S/C19H28N2O2/c1-4-5-10-17(22)20-18(14(2)3)19(23)21-12-11-15-8-6-7-9-16(15)13-21/h6-9,14,18H,4-5,10-13H2,1-3H3,(H,20,22)/t18-/m0/s1. The van der Waals surface area contributed by atoms with E-state index in [9.17, 15) is 9.59 Å². The first-order valence-electron chi connectivity index (χ1n) is 8.67. The number of carbonyl (C=O) groups excluding carboxylic acids is 2. The molecule has 1 aromatic rings. The van der Waals surface area contributed by atoms with E-state index < -0.39 is 6.04 Å². The van der Waals surface area contributed by atoms with E-state index in [2.05, 4.69) is 24.4 Å². The molecule has 0 saturated carbocycles. The Morgan fingerprint density at radius 3 is 2.57 bits per heavy atom. The molecule has 0 spiro atoms. The van der Waals surface area contributed by atoms with Gasteiger partial charge in [-0.15, -0.1) is 0 Å². The number of nitrogens with zero attached hydrogens (tertiary/aromatic N) is 1. The molecule has 1 atom stereocenters. The molecular formula is C19H28N2O2. The predicted molar refractivity (Wildman–Crippen MR) is 91.9 cm³/mol. The molecule has 23 heavy (non-hydrogen) atoms. The second-order valence-corrected chi connectivity index (χ2v) is 6.67. The van der Waals surface area contributed by atoms with Crippen molar-refractivity contribution in [2.45, 2.75) is 59.0 Å². The van der Waals surface area contributed by atoms with Gasteiger partial charge in [-0.2, -0.15) is 0 Å². The quantitative estimate of drug-likeness (QED) is 0.877. The first-order chi connectivity index (χ1) is 11.0. The van der Waals surface area contributed by atoms with E-state index in [4.69, 9.17) is 0 Å². The van der Waals surface area contributed by atoms with Gasteiger partial charge in [-0.3, -0.25) is 9.59 Å². The van der Waals surface area contributed by atoms with Crippen molar-refractivity contribution in [2.24, 2.45) is 5.92 Å². The van der Waals surface area contributed by atoms with E-state index in [-0.39, 0.29) is 17.7 Å². The highest BCUT2D eigenvalue weighted by atomic mass is 16.2. The number of amides is 2. The number of hydrogen-bond acceptors (Lipinski definition) is 2. The number of fused-ring (bicyclic) bond motifs is 1. The zero-order chi connectivity index (χ0) is 16.8. The summed E-state index contributed by atoms with van der Waals surface area (Å²) in [6.45, 7) is 7.40. The van der Waals surface area contributed by atoms with Gasteiger partial charge in [-0.1, -0.05) is 51.5 Å². The van der Waals surface area contributed by atoms with Gasteiger partial charge in [0.1, 0.15) is 6.04 Å². The highest BCUT2D eigenvalue weighted by Crippen LogP contribution is 2.20. The van der Waals surface area contributed by atoms with Crippen LogP contribution in [0.3, 0.4) is 0 Å². The van der Waals surface area contributed by atoms with Crippen LogP contribution in [-0.2, 0) is 22.6 Å². The molecule has 0 aliphatic carbocycles. The molecule has 1 N–H and O–H groups in total. The van der Waals surface area contributed by atoms with Gasteiger partial charge in [0.15, 0.2) is 0 Å². The van der Waals surface area contributed by atoms with Crippen molar-refractivity contribution in [3.8, 4) is 0 Å². The molecule has 4 nitrogen and oxygen atoms in total. The number of carbonyl (C=O) groups is 2. The van der Waals surface area contributed by atoms with Gasteiger partial charge in [0, 0.05) is 19.5 Å². The van der Waals surface area contributed by atoms with Gasteiger partial charge in [0.2, 0.25) is 11.8 Å². The van der Waals surface area contributed by atoms with E-state index in [0.717, 1.165) is 25.8 Å². The fraction of sp³-hybridized carbons (Fsp3) is 0.579. The molecule has 4 heteroatoms. The highest BCUT2D eigenvalue weighted by molar-refractivity contribution is 5.88. The second kappa shape index (κ2) is 8.14. The Bertz CT molecular complexity index is 554. The van der Waals surface area contributed by atoms with E-state index in [1.807, 2.05) is 30.9 Å². The normalized spacial score (nSPS) is 15.2. The lowest BCUT2D eigenvalue weighted by Crippen LogP contribution is -2.52. The summed E-state index contributed by atoms with van der Waals surface area (Å²) in [5, 5.41) is 2.94. The SMILES string of the molecule is CCCCC(=O)N[C@H](C(=O)N1CCc2ccccc2C1)C(C)C. The summed E-state index contributed by atoms with van der Waals surface area (Å²) < 4.78 is 0. The summed E-state index contributed by atoms with van der Waals surface area (Å²) in [5.74, 6) is 0.112. The van der Waals surface area contributed by atoms with Crippen LogP contribution in [0.5, 0.6) is 0 Å². The van der Waals surface area contributed by atoms with Crippen molar-refractivity contribution < 1.29 is 9.59 Å². The van der Waals surface area contributed by atoms with Gasteiger partial charge in [-0.05, 0) is 29.9 Å². The number of unbranched alkanes of at least 4 members (excludes halogenated alkanes) is 1. The molecule has 1 aromatic carbocycles. The topological polar surface area (TPSA) is 49.4 Å². The molecular weight excluding hydrogens is 288 g/mol. The monoisotopic (exact) mass is 316 g/mol. The Kier molecular flexibility index (Phi) is 6.20. The lowest BCUT2D eigenvalue weighted by atomic mass is 9.97. The van der Waals surface area contributed by atoms with E-state index in [0.29, 0.717) is 13.0 Å². The summed E-state index contributed by atoms with van der Waals surface area (Å²) in [7, 11) is 0. The van der Waals surface area contributed by atoms with Crippen LogP contribution in [-0.4, -0.2) is 29.3 Å². The van der Waals surface area contributed by atoms with Crippen molar-refractivity contribution in [1.29, 1.82) is 0 Å². The van der Waals surface area contributed by atoms with Crippen LogP contribution in [0, 0.1) is 5.92 Å². The van der Waals surface area contributed by atoms with E-state index in [1.165, 1.54) is 11.1 Å². The van der Waals surface area contributed by atoms with Gasteiger partial charge < -0.3 is 10.2 Å². The number of rotatable bonds is 6. The Balaban J connectivity index is 2.02. The van der Waals surface area contributed by atoms with Gasteiger partial charge >= 0.3 is 0 Å². The van der Waals surface area contributed by atoms with Gasteiger partial charge in [0.25, 0.3) is 0 Å². The summed E-state index contributed by atoms with van der Waals surface area (Å²) in [6, 6.07) is 7.84. The third-order valence-electron chi connectivity index (χ3n) is 4.45. The van der Waals surface area contributed by atoms with Crippen LogP contribution in [0.2, 0.25) is 0 Å². The van der Waals surface area contributed by atoms with Crippen molar-refractivity contribution in [2.75, 3.05) is 6.54 Å². The lowest BCUT2D eigenvalue weighted by molar-refractivity contribution is -0.138. The molecule has 0 unspecified atom stereocenters. The Morgan fingerprint density at radius 2 is 1.91 bits per heavy atom. The van der Waals surface area contributed by atoms with Crippen LogP contribution >= 0.6 is 0 Å². The smallest absolute Gasteiger partial charge is 0.245 e. The summed E-state index contributed by atoms with van der Waals surface area (Å²) in [5.41, 5.74) is 2.54. The minimum Gasteiger partial charge on any atom is -0.344 e. The zero-order valence-electron chi connectivity index (χ0n) is 14.5. The van der Waals surface area contributed by atoms with Gasteiger partial charge in [0.05, 0.1) is 0 Å².